The Kier molecular flexibility index (Phi) is 5.50. The summed E-state index contributed by atoms with van der Waals surface area (Å²) in [5.41, 5.74) is -0.0544. The molecule has 136 valence electrons. The van der Waals surface area contributed by atoms with E-state index in [0.29, 0.717) is 13.0 Å². The monoisotopic (exact) mass is 359 g/mol. The number of nitrogens with zero attached hydrogens (tertiary/aromatic N) is 1. The third kappa shape index (κ3) is 4.61. The summed E-state index contributed by atoms with van der Waals surface area (Å²) in [6.07, 6.45) is -4.32. The second-order valence-electron chi connectivity index (χ2n) is 5.25. The number of benzene rings is 1. The van der Waals surface area contributed by atoms with E-state index in [4.69, 9.17) is 4.74 Å². The first-order valence-electron chi connectivity index (χ1n) is 7.44. The Morgan fingerprint density at radius 1 is 1.32 bits per heavy atom. The molecule has 0 saturated carbocycles. The van der Waals surface area contributed by atoms with Gasteiger partial charge in [-0.3, -0.25) is 19.3 Å². The highest BCUT2D eigenvalue weighted by Gasteiger charge is 2.39. The lowest BCUT2D eigenvalue weighted by molar-refractivity contribution is -0.167. The molecule has 2 rings (SSSR count). The van der Waals surface area contributed by atoms with E-state index in [9.17, 15) is 27.6 Å². The fourth-order valence-corrected chi connectivity index (χ4v) is 2.12. The van der Waals surface area contributed by atoms with Crippen LogP contribution in [0.3, 0.4) is 0 Å². The lowest BCUT2D eigenvalue weighted by Crippen LogP contribution is -2.45. The van der Waals surface area contributed by atoms with Crippen LogP contribution in [0, 0.1) is 0 Å². The molecule has 0 atom stereocenters. The number of rotatable bonds is 5. The van der Waals surface area contributed by atoms with Crippen molar-refractivity contribution in [2.24, 2.45) is 0 Å². The highest BCUT2D eigenvalue weighted by atomic mass is 19.4. The van der Waals surface area contributed by atoms with E-state index in [1.165, 1.54) is 12.1 Å². The molecule has 0 fully saturated rings. The summed E-state index contributed by atoms with van der Waals surface area (Å²) in [6.45, 7) is 1.71. The lowest BCUT2D eigenvalue weighted by Gasteiger charge is -2.29. The summed E-state index contributed by atoms with van der Waals surface area (Å²) in [7, 11) is 0. The van der Waals surface area contributed by atoms with E-state index in [0.717, 1.165) is 11.0 Å². The molecule has 1 aromatic carbocycles. The average Bonchev–Trinajstić information content (AvgIpc) is 2.54. The topological polar surface area (TPSA) is 87.7 Å². The van der Waals surface area contributed by atoms with Crippen LogP contribution in [0.15, 0.2) is 18.2 Å². The van der Waals surface area contributed by atoms with E-state index >= 15 is 0 Å². The zero-order chi connectivity index (χ0) is 18.6. The van der Waals surface area contributed by atoms with Crippen LogP contribution in [0.2, 0.25) is 0 Å². The zero-order valence-electron chi connectivity index (χ0n) is 13.3. The highest BCUT2D eigenvalue weighted by Crippen LogP contribution is 2.34. The van der Waals surface area contributed by atoms with Gasteiger partial charge in [0.2, 0.25) is 5.91 Å². The molecule has 0 aromatic heterocycles. The molecule has 3 amide bonds. The molecule has 0 unspecified atom stereocenters. The second-order valence-corrected chi connectivity index (χ2v) is 5.25. The van der Waals surface area contributed by atoms with Gasteiger partial charge in [0, 0.05) is 12.2 Å². The molecule has 10 heteroatoms. The van der Waals surface area contributed by atoms with E-state index in [-0.39, 0.29) is 30.3 Å². The molecule has 0 aliphatic carbocycles. The van der Waals surface area contributed by atoms with Gasteiger partial charge in [-0.1, -0.05) is 6.92 Å². The minimum absolute atomic E-state index is 0.114. The molecule has 0 radical (unpaired) electrons. The Morgan fingerprint density at radius 2 is 2.04 bits per heavy atom. The van der Waals surface area contributed by atoms with Crippen LogP contribution in [-0.4, -0.2) is 43.6 Å². The highest BCUT2D eigenvalue weighted by molar-refractivity contribution is 6.03. The quantitative estimate of drug-likeness (QED) is 0.833. The van der Waals surface area contributed by atoms with Gasteiger partial charge in [0.25, 0.3) is 5.91 Å². The number of carbonyl (C=O) groups is 3. The largest absolute Gasteiger partial charge is 0.482 e. The van der Waals surface area contributed by atoms with Gasteiger partial charge in [0.05, 0.1) is 5.69 Å². The standard InChI is InChI=1S/C15H16F3N3O4/c1-2-5-19-12(22)7-21-10-6-9(20-14(24)15(16,17)18)3-4-11(10)25-8-13(21)23/h3-4,6H,2,5,7-8H2,1H3,(H,19,22)(H,20,24). The van der Waals surface area contributed by atoms with Crippen LogP contribution in [0.25, 0.3) is 0 Å². The Morgan fingerprint density at radius 3 is 2.68 bits per heavy atom. The third-order valence-corrected chi connectivity index (χ3v) is 3.29. The van der Waals surface area contributed by atoms with Gasteiger partial charge < -0.3 is 15.4 Å². The van der Waals surface area contributed by atoms with E-state index in [2.05, 4.69) is 5.32 Å². The van der Waals surface area contributed by atoms with Gasteiger partial charge in [-0.2, -0.15) is 13.2 Å². The van der Waals surface area contributed by atoms with Gasteiger partial charge in [-0.25, -0.2) is 0 Å². The van der Waals surface area contributed by atoms with Crippen LogP contribution in [0.4, 0.5) is 24.5 Å². The fourth-order valence-electron chi connectivity index (χ4n) is 2.12. The maximum absolute atomic E-state index is 12.3. The molecule has 2 N–H and O–H groups in total. The molecule has 1 aromatic rings. The Labute approximate surface area is 141 Å². The Hall–Kier alpha value is -2.78. The van der Waals surface area contributed by atoms with Gasteiger partial charge in [0.1, 0.15) is 12.3 Å². The summed E-state index contributed by atoms with van der Waals surface area (Å²) in [4.78, 5) is 36.0. The number of hydrogen-bond donors (Lipinski definition) is 2. The van der Waals surface area contributed by atoms with Crippen molar-refractivity contribution >= 4 is 29.1 Å². The first-order chi connectivity index (χ1) is 11.7. The third-order valence-electron chi connectivity index (χ3n) is 3.29. The summed E-state index contributed by atoms with van der Waals surface area (Å²) >= 11 is 0. The molecule has 0 saturated heterocycles. The molecular formula is C15H16F3N3O4. The van der Waals surface area contributed by atoms with Crippen molar-refractivity contribution in [3.63, 3.8) is 0 Å². The maximum Gasteiger partial charge on any atom is 0.471 e. The molecule has 7 nitrogen and oxygen atoms in total. The number of hydrogen-bond acceptors (Lipinski definition) is 4. The minimum Gasteiger partial charge on any atom is -0.482 e. The van der Waals surface area contributed by atoms with Gasteiger partial charge in [0.15, 0.2) is 6.61 Å². The fraction of sp³-hybridized carbons (Fsp3) is 0.400. The molecule has 0 bridgehead atoms. The molecular weight excluding hydrogens is 343 g/mol. The smallest absolute Gasteiger partial charge is 0.471 e. The first kappa shape index (κ1) is 18.6. The van der Waals surface area contributed by atoms with Gasteiger partial charge in [-0.15, -0.1) is 0 Å². The number of halogens is 3. The molecule has 0 spiro atoms. The predicted octanol–water partition coefficient (Wildman–Crippen LogP) is 1.44. The lowest BCUT2D eigenvalue weighted by atomic mass is 10.2. The normalized spacial score (nSPS) is 13.8. The summed E-state index contributed by atoms with van der Waals surface area (Å²) in [6, 6.07) is 3.70. The first-order valence-corrected chi connectivity index (χ1v) is 7.44. The van der Waals surface area contributed by atoms with Crippen molar-refractivity contribution < 1.29 is 32.3 Å². The Bertz CT molecular complexity index is 691. The van der Waals surface area contributed by atoms with Crippen molar-refractivity contribution in [1.29, 1.82) is 0 Å². The predicted molar refractivity (Wildman–Crippen MR) is 82.3 cm³/mol. The molecule has 1 heterocycles. The number of fused-ring (bicyclic) bond motifs is 1. The average molecular weight is 359 g/mol. The van der Waals surface area contributed by atoms with Crippen LogP contribution in [-0.2, 0) is 14.4 Å². The van der Waals surface area contributed by atoms with Crippen LogP contribution in [0.5, 0.6) is 5.75 Å². The van der Waals surface area contributed by atoms with Crippen molar-refractivity contribution in [3.8, 4) is 5.75 Å². The minimum atomic E-state index is -5.04. The number of carbonyl (C=O) groups excluding carboxylic acids is 3. The molecule has 1 aliphatic heterocycles. The van der Waals surface area contributed by atoms with E-state index in [1.807, 2.05) is 6.92 Å². The van der Waals surface area contributed by atoms with Gasteiger partial charge in [-0.05, 0) is 24.6 Å². The second kappa shape index (κ2) is 7.41. The van der Waals surface area contributed by atoms with Crippen molar-refractivity contribution in [2.45, 2.75) is 19.5 Å². The summed E-state index contributed by atoms with van der Waals surface area (Å²) in [5.74, 6) is -2.83. The van der Waals surface area contributed by atoms with Crippen LogP contribution in [0.1, 0.15) is 13.3 Å². The van der Waals surface area contributed by atoms with Crippen molar-refractivity contribution in [3.05, 3.63) is 18.2 Å². The number of amides is 3. The SMILES string of the molecule is CCCNC(=O)CN1C(=O)COc2ccc(NC(=O)C(F)(F)F)cc21. The maximum atomic E-state index is 12.3. The number of nitrogens with one attached hydrogen (secondary N) is 2. The summed E-state index contributed by atoms with van der Waals surface area (Å²) in [5, 5.41) is 4.30. The van der Waals surface area contributed by atoms with Crippen molar-refractivity contribution in [2.75, 3.05) is 29.9 Å². The van der Waals surface area contributed by atoms with Crippen LogP contribution >= 0.6 is 0 Å². The van der Waals surface area contributed by atoms with E-state index < -0.39 is 23.9 Å². The number of ether oxygens (including phenoxy) is 1. The van der Waals surface area contributed by atoms with Crippen LogP contribution < -0.4 is 20.3 Å². The molecule has 1 aliphatic rings. The zero-order valence-corrected chi connectivity index (χ0v) is 13.3. The number of anilines is 2. The molecule has 25 heavy (non-hydrogen) atoms. The summed E-state index contributed by atoms with van der Waals surface area (Å²) < 4.78 is 42.2. The van der Waals surface area contributed by atoms with E-state index in [1.54, 1.807) is 5.32 Å². The van der Waals surface area contributed by atoms with Gasteiger partial charge >= 0.3 is 12.1 Å². The number of alkyl halides is 3. The van der Waals surface area contributed by atoms with Crippen molar-refractivity contribution in [1.82, 2.24) is 5.32 Å². The Balaban J connectivity index is 2.22.